The number of ether oxygens (including phenoxy) is 4. The first kappa shape index (κ1) is 22.1. The van der Waals surface area contributed by atoms with Gasteiger partial charge in [-0.15, -0.1) is 11.3 Å². The van der Waals surface area contributed by atoms with Crippen molar-refractivity contribution in [3.63, 3.8) is 0 Å². The zero-order chi connectivity index (χ0) is 22.1. The predicted molar refractivity (Wildman–Crippen MR) is 120 cm³/mol. The maximum atomic E-state index is 11.6. The average molecular weight is 442 g/mol. The number of hydrazone groups is 1. The third-order valence-electron chi connectivity index (χ3n) is 4.05. The summed E-state index contributed by atoms with van der Waals surface area (Å²) < 4.78 is 21.5. The molecule has 0 aliphatic heterocycles. The van der Waals surface area contributed by atoms with Gasteiger partial charge in [-0.3, -0.25) is 5.43 Å². The Balaban J connectivity index is 1.51. The fraction of sp³-hybridized carbons (Fsp3) is 0.227. The maximum absolute atomic E-state index is 11.6. The summed E-state index contributed by atoms with van der Waals surface area (Å²) in [4.78, 5) is 15.9. The Morgan fingerprint density at radius 1 is 1.13 bits per heavy atom. The Labute approximate surface area is 184 Å². The highest BCUT2D eigenvalue weighted by molar-refractivity contribution is 7.13. The number of carbonyl (C=O) groups excluding carboxylic acids is 1. The van der Waals surface area contributed by atoms with Crippen molar-refractivity contribution in [1.29, 1.82) is 0 Å². The molecule has 1 N–H and O–H groups in total. The van der Waals surface area contributed by atoms with Crippen molar-refractivity contribution in [3.8, 4) is 17.2 Å². The lowest BCUT2D eigenvalue weighted by Crippen LogP contribution is -2.10. The molecule has 3 rings (SSSR count). The molecule has 1 heterocycles. The summed E-state index contributed by atoms with van der Waals surface area (Å²) in [7, 11) is 2.92. The van der Waals surface area contributed by atoms with Crippen molar-refractivity contribution in [3.05, 3.63) is 64.7 Å². The summed E-state index contributed by atoms with van der Waals surface area (Å²) in [5, 5.41) is 6.87. The van der Waals surface area contributed by atoms with Gasteiger partial charge in [0.1, 0.15) is 19.0 Å². The Morgan fingerprint density at radius 2 is 1.97 bits per heavy atom. The van der Waals surface area contributed by atoms with Crippen LogP contribution >= 0.6 is 11.3 Å². The van der Waals surface area contributed by atoms with Gasteiger partial charge in [0.15, 0.2) is 11.5 Å². The quantitative estimate of drug-likeness (QED) is 0.219. The minimum Gasteiger partial charge on any atom is -0.493 e. The van der Waals surface area contributed by atoms with Crippen LogP contribution in [0.15, 0.2) is 52.9 Å². The second-order valence-corrected chi connectivity index (χ2v) is 7.15. The Morgan fingerprint density at radius 3 is 2.71 bits per heavy atom. The van der Waals surface area contributed by atoms with Gasteiger partial charge in [-0.1, -0.05) is 6.07 Å². The van der Waals surface area contributed by atoms with E-state index in [0.29, 0.717) is 36.0 Å². The smallest absolute Gasteiger partial charge is 0.337 e. The number of methoxy groups -OCH3 is 2. The molecule has 0 unspecified atom stereocenters. The van der Waals surface area contributed by atoms with Gasteiger partial charge < -0.3 is 18.9 Å². The second kappa shape index (κ2) is 11.0. The van der Waals surface area contributed by atoms with Gasteiger partial charge in [-0.05, 0) is 48.9 Å². The third kappa shape index (κ3) is 6.45. The molecule has 0 atom stereocenters. The van der Waals surface area contributed by atoms with Crippen LogP contribution in [0, 0.1) is 6.92 Å². The van der Waals surface area contributed by atoms with E-state index < -0.39 is 5.97 Å². The summed E-state index contributed by atoms with van der Waals surface area (Å²) in [5.74, 6) is 1.33. The third-order valence-corrected chi connectivity index (χ3v) is 4.91. The van der Waals surface area contributed by atoms with Crippen molar-refractivity contribution >= 4 is 28.7 Å². The van der Waals surface area contributed by atoms with E-state index in [-0.39, 0.29) is 0 Å². The number of aromatic nitrogens is 1. The SMILES string of the molecule is COC(=O)c1cccc(OCCOc2ccc(C=NNc3nc(C)cs3)cc2OC)c1. The molecule has 31 heavy (non-hydrogen) atoms. The van der Waals surface area contributed by atoms with E-state index in [9.17, 15) is 4.79 Å². The first-order valence-electron chi connectivity index (χ1n) is 9.42. The Kier molecular flexibility index (Phi) is 7.83. The van der Waals surface area contributed by atoms with Gasteiger partial charge in [0.05, 0.1) is 31.7 Å². The van der Waals surface area contributed by atoms with Crippen LogP contribution in [0.25, 0.3) is 0 Å². The summed E-state index contributed by atoms with van der Waals surface area (Å²) in [6, 6.07) is 12.3. The van der Waals surface area contributed by atoms with E-state index in [0.717, 1.165) is 16.4 Å². The summed E-state index contributed by atoms with van der Waals surface area (Å²) in [6.07, 6.45) is 1.68. The summed E-state index contributed by atoms with van der Waals surface area (Å²) in [6.45, 7) is 2.53. The van der Waals surface area contributed by atoms with Crippen LogP contribution in [0.2, 0.25) is 0 Å². The molecule has 0 bridgehead atoms. The van der Waals surface area contributed by atoms with E-state index in [1.807, 2.05) is 30.5 Å². The normalized spacial score (nSPS) is 10.7. The highest BCUT2D eigenvalue weighted by Gasteiger charge is 2.08. The number of carbonyl (C=O) groups is 1. The summed E-state index contributed by atoms with van der Waals surface area (Å²) >= 11 is 1.49. The van der Waals surface area contributed by atoms with E-state index in [1.54, 1.807) is 37.6 Å². The van der Waals surface area contributed by atoms with Gasteiger partial charge in [0.2, 0.25) is 5.13 Å². The number of nitrogens with one attached hydrogen (secondary N) is 1. The number of benzene rings is 2. The van der Waals surface area contributed by atoms with Crippen LogP contribution in [0.5, 0.6) is 17.2 Å². The standard InChI is InChI=1S/C22H23N3O5S/c1-15-14-31-22(24-15)25-23-13-16-7-8-19(20(11-16)27-2)30-10-9-29-18-6-4-5-17(12-18)21(26)28-3/h4-8,11-14H,9-10H2,1-3H3,(H,24,25). The van der Waals surface area contributed by atoms with Crippen LogP contribution in [0.4, 0.5) is 5.13 Å². The van der Waals surface area contributed by atoms with Gasteiger partial charge in [-0.2, -0.15) is 5.10 Å². The molecule has 0 spiro atoms. The van der Waals surface area contributed by atoms with Gasteiger partial charge in [-0.25, -0.2) is 9.78 Å². The Bertz CT molecular complexity index is 1050. The van der Waals surface area contributed by atoms with Gasteiger partial charge >= 0.3 is 5.97 Å². The lowest BCUT2D eigenvalue weighted by Gasteiger charge is -2.12. The Hall–Kier alpha value is -3.59. The minimum absolute atomic E-state index is 0.300. The van der Waals surface area contributed by atoms with Gasteiger partial charge in [0.25, 0.3) is 0 Å². The lowest BCUT2D eigenvalue weighted by molar-refractivity contribution is 0.0600. The molecule has 162 valence electrons. The van der Waals surface area contributed by atoms with Crippen LogP contribution in [-0.4, -0.2) is 44.6 Å². The van der Waals surface area contributed by atoms with Crippen molar-refractivity contribution in [1.82, 2.24) is 4.98 Å². The van der Waals surface area contributed by atoms with Crippen LogP contribution in [-0.2, 0) is 4.74 Å². The van der Waals surface area contributed by atoms with E-state index in [1.165, 1.54) is 18.4 Å². The molecule has 0 amide bonds. The van der Waals surface area contributed by atoms with Crippen molar-refractivity contribution in [2.24, 2.45) is 5.10 Å². The largest absolute Gasteiger partial charge is 0.493 e. The first-order chi connectivity index (χ1) is 15.1. The predicted octanol–water partition coefficient (Wildman–Crippen LogP) is 4.15. The molecule has 2 aromatic carbocycles. The fourth-order valence-corrected chi connectivity index (χ4v) is 3.23. The molecular weight excluding hydrogens is 418 g/mol. The van der Waals surface area contributed by atoms with E-state index in [4.69, 9.17) is 18.9 Å². The summed E-state index contributed by atoms with van der Waals surface area (Å²) in [5.41, 5.74) is 5.13. The van der Waals surface area contributed by atoms with Crippen LogP contribution in [0.1, 0.15) is 21.6 Å². The molecule has 8 nitrogen and oxygen atoms in total. The first-order valence-corrected chi connectivity index (χ1v) is 10.3. The highest BCUT2D eigenvalue weighted by atomic mass is 32.1. The highest BCUT2D eigenvalue weighted by Crippen LogP contribution is 2.27. The van der Waals surface area contributed by atoms with Crippen molar-refractivity contribution < 1.29 is 23.7 Å². The molecule has 3 aromatic rings. The molecule has 0 fully saturated rings. The average Bonchev–Trinajstić information content (AvgIpc) is 3.21. The molecule has 0 aliphatic carbocycles. The molecule has 0 radical (unpaired) electrons. The molecule has 1 aromatic heterocycles. The zero-order valence-electron chi connectivity index (χ0n) is 17.5. The minimum atomic E-state index is -0.410. The zero-order valence-corrected chi connectivity index (χ0v) is 18.3. The van der Waals surface area contributed by atoms with Crippen LogP contribution < -0.4 is 19.6 Å². The molecule has 9 heteroatoms. The maximum Gasteiger partial charge on any atom is 0.337 e. The molecular formula is C22H23N3O5S. The number of aryl methyl sites for hydroxylation is 1. The number of esters is 1. The van der Waals surface area contributed by atoms with E-state index in [2.05, 4.69) is 15.5 Å². The van der Waals surface area contributed by atoms with E-state index >= 15 is 0 Å². The lowest BCUT2D eigenvalue weighted by atomic mass is 10.2. The van der Waals surface area contributed by atoms with Crippen molar-refractivity contribution in [2.75, 3.05) is 32.9 Å². The van der Waals surface area contributed by atoms with Crippen molar-refractivity contribution in [2.45, 2.75) is 6.92 Å². The van der Waals surface area contributed by atoms with Crippen LogP contribution in [0.3, 0.4) is 0 Å². The number of hydrogen-bond donors (Lipinski definition) is 1. The molecule has 0 aliphatic rings. The second-order valence-electron chi connectivity index (χ2n) is 6.29. The van der Waals surface area contributed by atoms with Gasteiger partial charge in [0, 0.05) is 5.38 Å². The molecule has 0 saturated heterocycles. The molecule has 0 saturated carbocycles. The number of rotatable bonds is 10. The topological polar surface area (TPSA) is 91.3 Å². The number of thiazole rings is 1. The number of hydrogen-bond acceptors (Lipinski definition) is 9. The number of nitrogens with zero attached hydrogens (tertiary/aromatic N) is 2. The monoisotopic (exact) mass is 441 g/mol. The number of anilines is 1. The fourth-order valence-electron chi connectivity index (χ4n) is 2.59.